The van der Waals surface area contributed by atoms with E-state index in [1.807, 2.05) is 29.6 Å². The molecule has 3 aromatic rings. The molecular weight excluding hydrogens is 312 g/mol. The highest BCUT2D eigenvalue weighted by Crippen LogP contribution is 2.20. The molecule has 7 heteroatoms. The van der Waals surface area contributed by atoms with Gasteiger partial charge in [0.25, 0.3) is 0 Å². The maximum atomic E-state index is 12.0. The number of carbonyl (C=O) groups is 1. The third kappa shape index (κ3) is 4.23. The molecule has 0 aliphatic carbocycles. The number of carbonyl (C=O) groups excluding carboxylic acids is 1. The summed E-state index contributed by atoms with van der Waals surface area (Å²) >= 11 is 1.61. The van der Waals surface area contributed by atoms with Crippen molar-refractivity contribution in [2.45, 2.75) is 26.2 Å². The number of anilines is 1. The van der Waals surface area contributed by atoms with Crippen LogP contribution in [0.3, 0.4) is 0 Å². The minimum absolute atomic E-state index is 0.0111. The summed E-state index contributed by atoms with van der Waals surface area (Å²) in [7, 11) is 0. The molecule has 1 aromatic carbocycles. The zero-order valence-electron chi connectivity index (χ0n) is 12.7. The Labute approximate surface area is 137 Å². The number of hydrogen-bond acceptors (Lipinski definition) is 6. The highest BCUT2D eigenvalue weighted by molar-refractivity contribution is 7.09. The number of aryl methyl sites for hydroxylation is 2. The van der Waals surface area contributed by atoms with E-state index < -0.39 is 0 Å². The fourth-order valence-electron chi connectivity index (χ4n) is 2.15. The second kappa shape index (κ2) is 7.15. The van der Waals surface area contributed by atoms with Gasteiger partial charge in [0.15, 0.2) is 0 Å². The Balaban J connectivity index is 1.56. The number of nitrogens with zero attached hydrogens (tertiary/aromatic N) is 3. The van der Waals surface area contributed by atoms with Gasteiger partial charge in [0.05, 0.1) is 5.01 Å². The van der Waals surface area contributed by atoms with Crippen molar-refractivity contribution in [3.63, 3.8) is 0 Å². The van der Waals surface area contributed by atoms with Gasteiger partial charge < -0.3 is 9.84 Å². The number of thiazole rings is 1. The lowest BCUT2D eigenvalue weighted by atomic mass is 10.2. The topological polar surface area (TPSA) is 80.9 Å². The van der Waals surface area contributed by atoms with Gasteiger partial charge in [-0.25, -0.2) is 4.98 Å². The summed E-state index contributed by atoms with van der Waals surface area (Å²) < 4.78 is 4.97. The summed E-state index contributed by atoms with van der Waals surface area (Å²) in [4.78, 5) is 20.4. The van der Waals surface area contributed by atoms with Crippen LogP contribution < -0.4 is 5.32 Å². The highest BCUT2D eigenvalue weighted by Gasteiger charge is 2.08. The molecule has 0 spiro atoms. The smallest absolute Gasteiger partial charge is 0.224 e. The van der Waals surface area contributed by atoms with Crippen LogP contribution in [0.25, 0.3) is 11.4 Å². The van der Waals surface area contributed by atoms with E-state index >= 15 is 0 Å². The molecule has 0 radical (unpaired) electrons. The third-order valence-corrected chi connectivity index (χ3v) is 4.05. The van der Waals surface area contributed by atoms with Gasteiger partial charge in [-0.2, -0.15) is 4.98 Å². The van der Waals surface area contributed by atoms with Gasteiger partial charge in [0, 0.05) is 36.2 Å². The standard InChI is InChI=1S/C16H16N4O2S/c1-11-18-16(20-22-11)12-4-2-5-13(10-12)19-14(21)6-3-7-15-17-8-9-23-15/h2,4-5,8-10H,3,6-7H2,1H3,(H,19,21). The van der Waals surface area contributed by atoms with Crippen LogP contribution in [-0.4, -0.2) is 21.0 Å². The van der Waals surface area contributed by atoms with Crippen LogP contribution in [0.15, 0.2) is 40.4 Å². The first kappa shape index (κ1) is 15.4. The lowest BCUT2D eigenvalue weighted by molar-refractivity contribution is -0.116. The molecule has 23 heavy (non-hydrogen) atoms. The van der Waals surface area contributed by atoms with Gasteiger partial charge in [-0.1, -0.05) is 17.3 Å². The number of amides is 1. The van der Waals surface area contributed by atoms with Crippen molar-refractivity contribution in [2.24, 2.45) is 0 Å². The molecule has 6 nitrogen and oxygen atoms in total. The summed E-state index contributed by atoms with van der Waals surface area (Å²) in [5.41, 5.74) is 1.53. The van der Waals surface area contributed by atoms with E-state index in [0.29, 0.717) is 18.1 Å². The number of hydrogen-bond donors (Lipinski definition) is 1. The van der Waals surface area contributed by atoms with E-state index in [-0.39, 0.29) is 5.91 Å². The number of benzene rings is 1. The normalized spacial score (nSPS) is 10.7. The van der Waals surface area contributed by atoms with Gasteiger partial charge in [0.2, 0.25) is 17.6 Å². The molecule has 2 heterocycles. The number of rotatable bonds is 6. The molecular formula is C16H16N4O2S. The van der Waals surface area contributed by atoms with Crippen molar-refractivity contribution in [3.05, 3.63) is 46.7 Å². The maximum absolute atomic E-state index is 12.0. The summed E-state index contributed by atoms with van der Waals surface area (Å²) in [6.07, 6.45) is 3.85. The monoisotopic (exact) mass is 328 g/mol. The zero-order chi connectivity index (χ0) is 16.1. The Hall–Kier alpha value is -2.54. The molecule has 0 saturated heterocycles. The average molecular weight is 328 g/mol. The van der Waals surface area contributed by atoms with Crippen LogP contribution in [0.5, 0.6) is 0 Å². The van der Waals surface area contributed by atoms with E-state index in [2.05, 4.69) is 20.4 Å². The largest absolute Gasteiger partial charge is 0.339 e. The highest BCUT2D eigenvalue weighted by atomic mass is 32.1. The van der Waals surface area contributed by atoms with Crippen molar-refractivity contribution in [2.75, 3.05) is 5.32 Å². The molecule has 3 rings (SSSR count). The number of nitrogens with one attached hydrogen (secondary N) is 1. The molecule has 118 valence electrons. The molecule has 0 bridgehead atoms. The molecule has 0 unspecified atom stereocenters. The van der Waals surface area contributed by atoms with Crippen molar-refractivity contribution < 1.29 is 9.32 Å². The maximum Gasteiger partial charge on any atom is 0.224 e. The lowest BCUT2D eigenvalue weighted by Crippen LogP contribution is -2.11. The Morgan fingerprint density at radius 3 is 3.04 bits per heavy atom. The first-order valence-corrected chi connectivity index (χ1v) is 8.17. The summed E-state index contributed by atoms with van der Waals surface area (Å²) in [6.45, 7) is 1.74. The Bertz CT molecular complexity index is 783. The van der Waals surface area contributed by atoms with Crippen molar-refractivity contribution in [1.29, 1.82) is 0 Å². The van der Waals surface area contributed by atoms with Crippen LogP contribution in [0, 0.1) is 6.92 Å². The molecule has 1 N–H and O–H groups in total. The predicted octanol–water partition coefficient (Wildman–Crippen LogP) is 3.46. The first-order valence-electron chi connectivity index (χ1n) is 7.30. The van der Waals surface area contributed by atoms with Crippen molar-refractivity contribution in [1.82, 2.24) is 15.1 Å². The second-order valence-corrected chi connectivity index (χ2v) is 6.02. The second-order valence-electron chi connectivity index (χ2n) is 5.05. The minimum Gasteiger partial charge on any atom is -0.339 e. The van der Waals surface area contributed by atoms with Gasteiger partial charge in [-0.05, 0) is 25.0 Å². The number of aromatic nitrogens is 3. The predicted molar refractivity (Wildman–Crippen MR) is 88.2 cm³/mol. The molecule has 0 saturated carbocycles. The van der Waals surface area contributed by atoms with Crippen LogP contribution in [-0.2, 0) is 11.2 Å². The van der Waals surface area contributed by atoms with E-state index in [1.54, 1.807) is 24.5 Å². The van der Waals surface area contributed by atoms with E-state index in [0.717, 1.165) is 29.1 Å². The fraction of sp³-hybridized carbons (Fsp3) is 0.250. The zero-order valence-corrected chi connectivity index (χ0v) is 13.5. The van der Waals surface area contributed by atoms with Gasteiger partial charge in [-0.3, -0.25) is 4.79 Å². The van der Waals surface area contributed by atoms with Gasteiger partial charge in [0.1, 0.15) is 0 Å². The molecule has 0 aliphatic rings. The first-order chi connectivity index (χ1) is 11.2. The lowest BCUT2D eigenvalue weighted by Gasteiger charge is -2.05. The van der Waals surface area contributed by atoms with E-state index in [9.17, 15) is 4.79 Å². The average Bonchev–Trinajstić information content (AvgIpc) is 3.19. The SMILES string of the molecule is Cc1nc(-c2cccc(NC(=O)CCCc3nccs3)c2)no1. The van der Waals surface area contributed by atoms with Crippen LogP contribution in [0.2, 0.25) is 0 Å². The van der Waals surface area contributed by atoms with E-state index in [1.165, 1.54) is 0 Å². The quantitative estimate of drug-likeness (QED) is 0.749. The molecule has 2 aromatic heterocycles. The van der Waals surface area contributed by atoms with Crippen LogP contribution >= 0.6 is 11.3 Å². The Morgan fingerprint density at radius 2 is 2.30 bits per heavy atom. The summed E-state index contributed by atoms with van der Waals surface area (Å²) in [5, 5.41) is 9.78. The Kier molecular flexibility index (Phi) is 4.77. The van der Waals surface area contributed by atoms with Crippen LogP contribution in [0.4, 0.5) is 5.69 Å². The minimum atomic E-state index is -0.0111. The van der Waals surface area contributed by atoms with Crippen molar-refractivity contribution >= 4 is 22.9 Å². The van der Waals surface area contributed by atoms with Gasteiger partial charge in [-0.15, -0.1) is 11.3 Å². The fourth-order valence-corrected chi connectivity index (χ4v) is 2.82. The third-order valence-electron chi connectivity index (χ3n) is 3.21. The van der Waals surface area contributed by atoms with Gasteiger partial charge >= 0.3 is 0 Å². The summed E-state index contributed by atoms with van der Waals surface area (Å²) in [6, 6.07) is 7.41. The van der Waals surface area contributed by atoms with Crippen LogP contribution in [0.1, 0.15) is 23.7 Å². The molecule has 0 atom stereocenters. The van der Waals surface area contributed by atoms with Crippen molar-refractivity contribution in [3.8, 4) is 11.4 Å². The summed E-state index contributed by atoms with van der Waals surface area (Å²) in [5.74, 6) is 1.02. The molecule has 1 amide bonds. The molecule has 0 aliphatic heterocycles. The Morgan fingerprint density at radius 1 is 1.39 bits per heavy atom. The van der Waals surface area contributed by atoms with E-state index in [4.69, 9.17) is 4.52 Å². The molecule has 0 fully saturated rings.